The summed E-state index contributed by atoms with van der Waals surface area (Å²) in [6.07, 6.45) is 3.61. The Morgan fingerprint density at radius 1 is 1.24 bits per heavy atom. The fourth-order valence-electron chi connectivity index (χ4n) is 2.50. The summed E-state index contributed by atoms with van der Waals surface area (Å²) >= 11 is 0. The van der Waals surface area contributed by atoms with E-state index in [-0.39, 0.29) is 18.8 Å². The summed E-state index contributed by atoms with van der Waals surface area (Å²) in [6.45, 7) is 3.45. The van der Waals surface area contributed by atoms with Gasteiger partial charge in [-0.3, -0.25) is 0 Å². The quantitative estimate of drug-likeness (QED) is 0.743. The molecule has 1 aliphatic carbocycles. The molecule has 2 fully saturated rings. The molecule has 0 aromatic rings. The summed E-state index contributed by atoms with van der Waals surface area (Å²) < 4.78 is 5.50. The van der Waals surface area contributed by atoms with E-state index in [0.717, 1.165) is 51.9 Å². The molecule has 0 spiro atoms. The van der Waals surface area contributed by atoms with E-state index in [0.29, 0.717) is 5.92 Å². The van der Waals surface area contributed by atoms with Gasteiger partial charge in [-0.2, -0.15) is 0 Å². The molecule has 17 heavy (non-hydrogen) atoms. The Bertz CT molecular complexity index is 246. The first-order chi connectivity index (χ1) is 8.29. The van der Waals surface area contributed by atoms with Crippen LogP contribution in [0.3, 0.4) is 0 Å². The molecule has 1 amide bonds. The highest BCUT2D eigenvalue weighted by Gasteiger charge is 2.26. The zero-order valence-corrected chi connectivity index (χ0v) is 10.2. The minimum absolute atomic E-state index is 0.0557. The Morgan fingerprint density at radius 2 is 1.88 bits per heavy atom. The van der Waals surface area contributed by atoms with Crippen molar-refractivity contribution in [3.8, 4) is 0 Å². The number of nitrogens with zero attached hydrogens (tertiary/aromatic N) is 1. The molecule has 98 valence electrons. The predicted molar refractivity (Wildman–Crippen MR) is 63.8 cm³/mol. The molecule has 2 aliphatic rings. The number of ether oxygens (including phenoxy) is 1. The molecule has 1 heterocycles. The molecular weight excluding hydrogens is 220 g/mol. The first kappa shape index (κ1) is 12.6. The van der Waals surface area contributed by atoms with Crippen LogP contribution in [0.25, 0.3) is 0 Å². The number of rotatable bonds is 2. The molecule has 0 unspecified atom stereocenters. The smallest absolute Gasteiger partial charge is 0.410 e. The van der Waals surface area contributed by atoms with Crippen LogP contribution in [0.5, 0.6) is 0 Å². The van der Waals surface area contributed by atoms with Gasteiger partial charge in [-0.25, -0.2) is 4.79 Å². The number of piperazine rings is 1. The lowest BCUT2D eigenvalue weighted by Crippen LogP contribution is -2.47. The molecule has 1 saturated carbocycles. The monoisotopic (exact) mass is 242 g/mol. The minimum Gasteiger partial charge on any atom is -0.446 e. The van der Waals surface area contributed by atoms with Crippen molar-refractivity contribution in [2.45, 2.75) is 31.8 Å². The third-order valence-electron chi connectivity index (χ3n) is 3.69. The molecule has 0 atom stereocenters. The van der Waals surface area contributed by atoms with Gasteiger partial charge in [-0.05, 0) is 31.6 Å². The van der Waals surface area contributed by atoms with E-state index in [1.54, 1.807) is 4.90 Å². The van der Waals surface area contributed by atoms with Crippen molar-refractivity contribution in [3.05, 3.63) is 0 Å². The van der Waals surface area contributed by atoms with Crippen molar-refractivity contribution in [3.63, 3.8) is 0 Å². The molecular formula is C12H22N2O3. The van der Waals surface area contributed by atoms with Gasteiger partial charge in [0.25, 0.3) is 0 Å². The second-order valence-corrected chi connectivity index (χ2v) is 4.95. The SMILES string of the molecule is O=C(OC1CCC(CO)CC1)N1CCNCC1. The van der Waals surface area contributed by atoms with E-state index in [9.17, 15) is 4.79 Å². The average Bonchev–Trinajstić information content (AvgIpc) is 2.40. The highest BCUT2D eigenvalue weighted by atomic mass is 16.6. The zero-order chi connectivity index (χ0) is 12.1. The molecule has 0 bridgehead atoms. The van der Waals surface area contributed by atoms with Crippen LogP contribution in [0.1, 0.15) is 25.7 Å². The Hall–Kier alpha value is -0.810. The standard InChI is InChI=1S/C12H22N2O3/c15-9-10-1-3-11(4-2-10)17-12(16)14-7-5-13-6-8-14/h10-11,13,15H,1-9H2. The predicted octanol–water partition coefficient (Wildman–Crippen LogP) is 0.579. The highest BCUT2D eigenvalue weighted by molar-refractivity contribution is 5.68. The lowest BCUT2D eigenvalue weighted by Gasteiger charge is -2.31. The van der Waals surface area contributed by atoms with Gasteiger partial charge < -0.3 is 20.1 Å². The van der Waals surface area contributed by atoms with Crippen LogP contribution in [-0.4, -0.2) is 55.0 Å². The second kappa shape index (κ2) is 6.21. The fraction of sp³-hybridized carbons (Fsp3) is 0.917. The van der Waals surface area contributed by atoms with Crippen molar-refractivity contribution in [2.24, 2.45) is 5.92 Å². The van der Waals surface area contributed by atoms with E-state index < -0.39 is 0 Å². The van der Waals surface area contributed by atoms with Gasteiger partial charge in [-0.1, -0.05) is 0 Å². The lowest BCUT2D eigenvalue weighted by molar-refractivity contribution is 0.0297. The van der Waals surface area contributed by atoms with Crippen molar-refractivity contribution in [1.29, 1.82) is 0 Å². The molecule has 5 nitrogen and oxygen atoms in total. The van der Waals surface area contributed by atoms with Gasteiger partial charge in [0.1, 0.15) is 6.10 Å². The first-order valence-corrected chi connectivity index (χ1v) is 6.56. The van der Waals surface area contributed by atoms with E-state index >= 15 is 0 Å². The van der Waals surface area contributed by atoms with Gasteiger partial charge in [0, 0.05) is 32.8 Å². The van der Waals surface area contributed by atoms with E-state index in [2.05, 4.69) is 5.32 Å². The number of hydrogen-bond acceptors (Lipinski definition) is 4. The van der Waals surface area contributed by atoms with Crippen molar-refractivity contribution in [1.82, 2.24) is 10.2 Å². The van der Waals surface area contributed by atoms with Crippen LogP contribution in [0.2, 0.25) is 0 Å². The average molecular weight is 242 g/mol. The van der Waals surface area contributed by atoms with Crippen LogP contribution in [-0.2, 0) is 4.74 Å². The largest absolute Gasteiger partial charge is 0.446 e. The summed E-state index contributed by atoms with van der Waals surface area (Å²) in [5, 5.41) is 12.2. The van der Waals surface area contributed by atoms with Crippen molar-refractivity contribution in [2.75, 3.05) is 32.8 Å². The Morgan fingerprint density at radius 3 is 2.47 bits per heavy atom. The summed E-state index contributed by atoms with van der Waals surface area (Å²) in [4.78, 5) is 13.6. The first-order valence-electron chi connectivity index (χ1n) is 6.56. The molecule has 1 saturated heterocycles. The normalized spacial score (nSPS) is 30.1. The maximum Gasteiger partial charge on any atom is 0.410 e. The Labute approximate surface area is 102 Å². The zero-order valence-electron chi connectivity index (χ0n) is 10.2. The summed E-state index contributed by atoms with van der Waals surface area (Å²) in [5.74, 6) is 0.407. The van der Waals surface area contributed by atoms with Crippen molar-refractivity contribution < 1.29 is 14.6 Å². The van der Waals surface area contributed by atoms with Gasteiger partial charge in [0.2, 0.25) is 0 Å². The van der Waals surface area contributed by atoms with Gasteiger partial charge in [0.15, 0.2) is 0 Å². The lowest BCUT2D eigenvalue weighted by atomic mass is 9.88. The molecule has 2 N–H and O–H groups in total. The maximum absolute atomic E-state index is 11.8. The molecule has 0 radical (unpaired) electrons. The van der Waals surface area contributed by atoms with E-state index in [1.807, 2.05) is 0 Å². The number of amides is 1. The van der Waals surface area contributed by atoms with Gasteiger partial charge in [0.05, 0.1) is 0 Å². The van der Waals surface area contributed by atoms with Crippen LogP contribution in [0.15, 0.2) is 0 Å². The Kier molecular flexibility index (Phi) is 4.62. The molecule has 0 aromatic heterocycles. The number of aliphatic hydroxyl groups excluding tert-OH is 1. The molecule has 0 aromatic carbocycles. The number of hydrogen-bond donors (Lipinski definition) is 2. The summed E-state index contributed by atoms with van der Waals surface area (Å²) in [6, 6.07) is 0. The topological polar surface area (TPSA) is 61.8 Å². The molecule has 2 rings (SSSR count). The molecule has 1 aliphatic heterocycles. The number of carbonyl (C=O) groups is 1. The van der Waals surface area contributed by atoms with Gasteiger partial charge >= 0.3 is 6.09 Å². The van der Waals surface area contributed by atoms with Crippen LogP contribution >= 0.6 is 0 Å². The van der Waals surface area contributed by atoms with Crippen LogP contribution in [0.4, 0.5) is 4.79 Å². The van der Waals surface area contributed by atoms with E-state index in [1.165, 1.54) is 0 Å². The maximum atomic E-state index is 11.8. The molecule has 5 heteroatoms. The second-order valence-electron chi connectivity index (χ2n) is 4.95. The number of nitrogens with one attached hydrogen (secondary N) is 1. The third-order valence-corrected chi connectivity index (χ3v) is 3.69. The van der Waals surface area contributed by atoms with Crippen LogP contribution in [0, 0.1) is 5.92 Å². The van der Waals surface area contributed by atoms with E-state index in [4.69, 9.17) is 9.84 Å². The van der Waals surface area contributed by atoms with Gasteiger partial charge in [-0.15, -0.1) is 0 Å². The summed E-state index contributed by atoms with van der Waals surface area (Å²) in [7, 11) is 0. The third kappa shape index (κ3) is 3.57. The number of aliphatic hydroxyl groups is 1. The highest BCUT2D eigenvalue weighted by Crippen LogP contribution is 2.26. The minimum atomic E-state index is -0.168. The van der Waals surface area contributed by atoms with Crippen molar-refractivity contribution >= 4 is 6.09 Å². The number of carbonyl (C=O) groups excluding carboxylic acids is 1. The fourth-order valence-corrected chi connectivity index (χ4v) is 2.50. The summed E-state index contributed by atoms with van der Waals surface area (Å²) in [5.41, 5.74) is 0. The Balaban J connectivity index is 1.71. The van der Waals surface area contributed by atoms with Crippen LogP contribution < -0.4 is 5.32 Å².